The van der Waals surface area contributed by atoms with Crippen molar-refractivity contribution in [2.45, 2.75) is 52.6 Å². The van der Waals surface area contributed by atoms with Crippen LogP contribution >= 0.6 is 0 Å². The van der Waals surface area contributed by atoms with Crippen LogP contribution in [-0.2, 0) is 24.3 Å². The van der Waals surface area contributed by atoms with Crippen molar-refractivity contribution in [1.29, 1.82) is 0 Å². The molecule has 3 aromatic rings. The fraction of sp³-hybridized carbons (Fsp3) is 0.379. The fourth-order valence-electron chi connectivity index (χ4n) is 4.25. The molecule has 0 saturated carbocycles. The van der Waals surface area contributed by atoms with Crippen LogP contribution in [0.25, 0.3) is 0 Å². The standard InChI is InChI=1S/C29H34N2O5/c1-3-5-7-22-9-12-24(13-10-22)29(33)30(15-4-2)20-28(32)31(19-25-8-6-16-34-25)18-23-11-14-26-27(17-23)36-21-35-26/h6,8-14,16-17H,3-5,7,15,18-21H2,1-2H3. The van der Waals surface area contributed by atoms with E-state index in [1.165, 1.54) is 5.56 Å². The third-order valence-electron chi connectivity index (χ3n) is 6.22. The van der Waals surface area contributed by atoms with Crippen molar-refractivity contribution in [3.63, 3.8) is 0 Å². The molecule has 2 amide bonds. The van der Waals surface area contributed by atoms with E-state index in [9.17, 15) is 9.59 Å². The quantitative estimate of drug-likeness (QED) is 0.338. The summed E-state index contributed by atoms with van der Waals surface area (Å²) < 4.78 is 16.4. The maximum Gasteiger partial charge on any atom is 0.254 e. The second kappa shape index (κ2) is 12.3. The average Bonchev–Trinajstić information content (AvgIpc) is 3.58. The van der Waals surface area contributed by atoms with Gasteiger partial charge in [0.1, 0.15) is 12.3 Å². The molecule has 36 heavy (non-hydrogen) atoms. The van der Waals surface area contributed by atoms with Gasteiger partial charge in [-0.3, -0.25) is 9.59 Å². The van der Waals surface area contributed by atoms with Gasteiger partial charge in [-0.2, -0.15) is 0 Å². The summed E-state index contributed by atoms with van der Waals surface area (Å²) in [6.07, 6.45) is 5.61. The van der Waals surface area contributed by atoms with Crippen LogP contribution in [-0.4, -0.2) is 41.5 Å². The lowest BCUT2D eigenvalue weighted by atomic mass is 10.1. The number of hydrogen-bond donors (Lipinski definition) is 0. The molecule has 0 bridgehead atoms. The topological polar surface area (TPSA) is 72.2 Å². The lowest BCUT2D eigenvalue weighted by Gasteiger charge is -2.27. The van der Waals surface area contributed by atoms with Gasteiger partial charge in [-0.25, -0.2) is 0 Å². The molecular formula is C29H34N2O5. The van der Waals surface area contributed by atoms with Crippen molar-refractivity contribution >= 4 is 11.8 Å². The first-order valence-corrected chi connectivity index (χ1v) is 12.6. The first-order valence-electron chi connectivity index (χ1n) is 12.6. The van der Waals surface area contributed by atoms with E-state index in [0.717, 1.165) is 31.2 Å². The van der Waals surface area contributed by atoms with Gasteiger partial charge >= 0.3 is 0 Å². The van der Waals surface area contributed by atoms with Crippen molar-refractivity contribution in [2.75, 3.05) is 19.9 Å². The van der Waals surface area contributed by atoms with E-state index in [-0.39, 0.29) is 25.2 Å². The van der Waals surface area contributed by atoms with Gasteiger partial charge in [-0.1, -0.05) is 38.5 Å². The van der Waals surface area contributed by atoms with Gasteiger partial charge in [-0.05, 0) is 66.8 Å². The number of fused-ring (bicyclic) bond motifs is 1. The van der Waals surface area contributed by atoms with E-state index in [4.69, 9.17) is 13.9 Å². The highest BCUT2D eigenvalue weighted by Crippen LogP contribution is 2.33. The summed E-state index contributed by atoms with van der Waals surface area (Å²) in [4.78, 5) is 30.2. The van der Waals surface area contributed by atoms with Gasteiger partial charge in [-0.15, -0.1) is 0 Å². The summed E-state index contributed by atoms with van der Waals surface area (Å²) in [5, 5.41) is 0. The minimum absolute atomic E-state index is 0.00444. The number of ether oxygens (including phenoxy) is 2. The SMILES string of the molecule is CCCCc1ccc(C(=O)N(CCC)CC(=O)N(Cc2ccc3c(c2)OCO3)Cc2ccco2)cc1. The minimum atomic E-state index is -0.148. The third-order valence-corrected chi connectivity index (χ3v) is 6.22. The van der Waals surface area contributed by atoms with Crippen molar-refractivity contribution in [3.8, 4) is 11.5 Å². The summed E-state index contributed by atoms with van der Waals surface area (Å²) in [5.74, 6) is 1.77. The maximum absolute atomic E-state index is 13.5. The molecule has 1 aliphatic heterocycles. The number of nitrogens with zero attached hydrogens (tertiary/aromatic N) is 2. The zero-order valence-electron chi connectivity index (χ0n) is 21.1. The van der Waals surface area contributed by atoms with Crippen LogP contribution in [0.4, 0.5) is 0 Å². The number of hydrogen-bond acceptors (Lipinski definition) is 5. The van der Waals surface area contributed by atoms with E-state index < -0.39 is 0 Å². The highest BCUT2D eigenvalue weighted by molar-refractivity contribution is 5.96. The predicted molar refractivity (Wildman–Crippen MR) is 137 cm³/mol. The Balaban J connectivity index is 1.48. The highest BCUT2D eigenvalue weighted by Gasteiger charge is 2.24. The Morgan fingerprint density at radius 3 is 2.36 bits per heavy atom. The van der Waals surface area contributed by atoms with Gasteiger partial charge < -0.3 is 23.7 Å². The zero-order valence-corrected chi connectivity index (χ0v) is 21.1. The Labute approximate surface area is 212 Å². The smallest absolute Gasteiger partial charge is 0.254 e. The number of carbonyl (C=O) groups excluding carboxylic acids is 2. The second-order valence-electron chi connectivity index (χ2n) is 9.04. The molecule has 1 aliphatic rings. The molecule has 0 fully saturated rings. The zero-order chi connectivity index (χ0) is 25.3. The minimum Gasteiger partial charge on any atom is -0.467 e. The summed E-state index contributed by atoms with van der Waals surface area (Å²) in [7, 11) is 0. The number of aryl methyl sites for hydroxylation is 1. The Hall–Kier alpha value is -3.74. The largest absolute Gasteiger partial charge is 0.467 e. The molecule has 7 heteroatoms. The Morgan fingerprint density at radius 1 is 0.861 bits per heavy atom. The van der Waals surface area contributed by atoms with Gasteiger partial charge in [0.15, 0.2) is 11.5 Å². The van der Waals surface area contributed by atoms with Crippen LogP contribution in [0, 0.1) is 0 Å². The van der Waals surface area contributed by atoms with Crippen LogP contribution in [0.2, 0.25) is 0 Å². The van der Waals surface area contributed by atoms with E-state index in [1.807, 2.05) is 55.5 Å². The molecule has 190 valence electrons. The van der Waals surface area contributed by atoms with Gasteiger partial charge in [0.05, 0.1) is 12.8 Å². The molecule has 0 saturated heterocycles. The first kappa shape index (κ1) is 25.4. The van der Waals surface area contributed by atoms with Crippen molar-refractivity contribution in [2.24, 2.45) is 0 Å². The Bertz CT molecular complexity index is 1140. The van der Waals surface area contributed by atoms with Crippen LogP contribution in [0.15, 0.2) is 65.3 Å². The molecule has 0 radical (unpaired) electrons. The van der Waals surface area contributed by atoms with Gasteiger partial charge in [0, 0.05) is 18.7 Å². The molecule has 0 aliphatic carbocycles. The number of unbranched alkanes of at least 4 members (excludes halogenated alkanes) is 1. The summed E-state index contributed by atoms with van der Waals surface area (Å²) in [5.41, 5.74) is 2.74. The van der Waals surface area contributed by atoms with Crippen LogP contribution < -0.4 is 9.47 Å². The Morgan fingerprint density at radius 2 is 1.64 bits per heavy atom. The molecule has 2 heterocycles. The molecular weight excluding hydrogens is 456 g/mol. The number of carbonyl (C=O) groups is 2. The third kappa shape index (κ3) is 6.47. The fourth-order valence-corrected chi connectivity index (χ4v) is 4.25. The van der Waals surface area contributed by atoms with E-state index >= 15 is 0 Å². The highest BCUT2D eigenvalue weighted by atomic mass is 16.7. The molecule has 0 atom stereocenters. The van der Waals surface area contributed by atoms with Gasteiger partial charge in [0.25, 0.3) is 5.91 Å². The molecule has 0 spiro atoms. The molecule has 7 nitrogen and oxygen atoms in total. The van der Waals surface area contributed by atoms with E-state index in [1.54, 1.807) is 22.1 Å². The summed E-state index contributed by atoms with van der Waals surface area (Å²) in [6.45, 7) is 5.53. The predicted octanol–water partition coefficient (Wildman–Crippen LogP) is 5.43. The maximum atomic E-state index is 13.5. The second-order valence-corrected chi connectivity index (χ2v) is 9.04. The molecule has 2 aromatic carbocycles. The number of rotatable bonds is 12. The van der Waals surface area contributed by atoms with E-state index in [0.29, 0.717) is 42.5 Å². The first-order chi connectivity index (χ1) is 17.6. The van der Waals surface area contributed by atoms with Crippen LogP contribution in [0.3, 0.4) is 0 Å². The normalized spacial score (nSPS) is 11.9. The van der Waals surface area contributed by atoms with Crippen molar-refractivity contribution < 1.29 is 23.5 Å². The van der Waals surface area contributed by atoms with Crippen molar-refractivity contribution in [3.05, 3.63) is 83.3 Å². The monoisotopic (exact) mass is 490 g/mol. The average molecular weight is 491 g/mol. The van der Waals surface area contributed by atoms with Gasteiger partial charge in [0.2, 0.25) is 12.7 Å². The molecule has 0 N–H and O–H groups in total. The van der Waals surface area contributed by atoms with Crippen LogP contribution in [0.5, 0.6) is 11.5 Å². The molecule has 4 rings (SSSR count). The van der Waals surface area contributed by atoms with E-state index in [2.05, 4.69) is 6.92 Å². The Kier molecular flexibility index (Phi) is 8.66. The number of benzene rings is 2. The van der Waals surface area contributed by atoms with Crippen LogP contribution in [0.1, 0.15) is 60.4 Å². The lowest BCUT2D eigenvalue weighted by molar-refractivity contribution is -0.133. The molecule has 0 unspecified atom stereocenters. The summed E-state index contributed by atoms with van der Waals surface area (Å²) in [6, 6.07) is 17.1. The van der Waals surface area contributed by atoms with Crippen molar-refractivity contribution in [1.82, 2.24) is 9.80 Å². The molecule has 1 aromatic heterocycles. The number of amides is 2. The lowest BCUT2D eigenvalue weighted by Crippen LogP contribution is -2.42. The number of furan rings is 1. The summed E-state index contributed by atoms with van der Waals surface area (Å²) >= 11 is 0.